The van der Waals surface area contributed by atoms with Crippen molar-refractivity contribution in [2.24, 2.45) is 5.92 Å². The molecule has 3 nitrogen and oxygen atoms in total. The Morgan fingerprint density at radius 1 is 1.15 bits per heavy atom. The van der Waals surface area contributed by atoms with Crippen LogP contribution in [0.1, 0.15) is 37.7 Å². The number of aliphatic hydroxyl groups is 1. The summed E-state index contributed by atoms with van der Waals surface area (Å²) in [6.45, 7) is 1.09. The van der Waals surface area contributed by atoms with Gasteiger partial charge in [0, 0.05) is 0 Å². The van der Waals surface area contributed by atoms with Crippen molar-refractivity contribution in [3.05, 3.63) is 35.9 Å². The van der Waals surface area contributed by atoms with Gasteiger partial charge in [-0.15, -0.1) is 0 Å². The number of carbonyl (C=O) groups is 1. The van der Waals surface area contributed by atoms with E-state index in [1.54, 1.807) is 0 Å². The van der Waals surface area contributed by atoms with Gasteiger partial charge in [-0.3, -0.25) is 4.79 Å². The van der Waals surface area contributed by atoms with Crippen molar-refractivity contribution >= 4 is 5.91 Å². The van der Waals surface area contributed by atoms with Crippen LogP contribution in [0.4, 0.5) is 0 Å². The number of β-amino-alcohol motifs (C(OH)–C–C–N with tert-alkyl or cyclic N) is 1. The van der Waals surface area contributed by atoms with Crippen LogP contribution in [-0.4, -0.2) is 34.6 Å². The molecule has 3 aliphatic rings. The summed E-state index contributed by atoms with van der Waals surface area (Å²) >= 11 is 0. The molecule has 3 heteroatoms. The van der Waals surface area contributed by atoms with Crippen LogP contribution in [0.2, 0.25) is 0 Å². The van der Waals surface area contributed by atoms with Crippen LogP contribution in [0, 0.1) is 5.92 Å². The summed E-state index contributed by atoms with van der Waals surface area (Å²) in [5.41, 5.74) is 0.279. The Kier molecular flexibility index (Phi) is 2.53. The fourth-order valence-corrected chi connectivity index (χ4v) is 3.85. The summed E-state index contributed by atoms with van der Waals surface area (Å²) in [6, 6.07) is 10.2. The molecule has 1 aromatic carbocycles. The highest BCUT2D eigenvalue weighted by molar-refractivity contribution is 5.90. The molecule has 1 aliphatic heterocycles. The molecule has 1 saturated heterocycles. The maximum atomic E-state index is 12.9. The Hall–Kier alpha value is -1.35. The van der Waals surface area contributed by atoms with E-state index in [1.165, 1.54) is 0 Å². The Balaban J connectivity index is 1.53. The number of rotatable bonds is 3. The molecule has 1 aromatic rings. The minimum absolute atomic E-state index is 0.236. The average Bonchev–Trinajstić information content (AvgIpc) is 3.19. The van der Waals surface area contributed by atoms with E-state index < -0.39 is 5.60 Å². The summed E-state index contributed by atoms with van der Waals surface area (Å²) in [6.07, 6.45) is 5.29. The van der Waals surface area contributed by atoms with E-state index in [0.717, 1.165) is 37.7 Å². The molecular formula is C17H21NO2. The molecule has 0 unspecified atom stereocenters. The molecule has 3 fully saturated rings. The Bertz CT molecular complexity index is 525. The molecule has 2 aliphatic carbocycles. The fraction of sp³-hybridized carbons (Fsp3) is 0.588. The number of likely N-dealkylation sites (tertiary alicyclic amines) is 1. The van der Waals surface area contributed by atoms with Gasteiger partial charge in [-0.05, 0) is 37.2 Å². The second-order valence-electron chi connectivity index (χ2n) is 6.84. The van der Waals surface area contributed by atoms with Gasteiger partial charge >= 0.3 is 0 Å². The third-order valence-electron chi connectivity index (χ3n) is 5.50. The highest BCUT2D eigenvalue weighted by Gasteiger charge is 2.57. The van der Waals surface area contributed by atoms with Crippen LogP contribution in [-0.2, 0) is 10.2 Å². The predicted molar refractivity (Wildman–Crippen MR) is 76.2 cm³/mol. The maximum absolute atomic E-state index is 12.9. The van der Waals surface area contributed by atoms with E-state index in [9.17, 15) is 9.90 Å². The summed E-state index contributed by atoms with van der Waals surface area (Å²) in [7, 11) is 0. The standard InChI is InChI=1S/C17H21NO2/c19-15(18-11-17(20,12-18)14-7-8-14)16(9-4-10-16)13-5-2-1-3-6-13/h1-3,5-6,14,20H,4,7-12H2. The van der Waals surface area contributed by atoms with Crippen molar-refractivity contribution in [2.75, 3.05) is 13.1 Å². The van der Waals surface area contributed by atoms with E-state index >= 15 is 0 Å². The summed E-state index contributed by atoms with van der Waals surface area (Å²) in [5.74, 6) is 0.681. The summed E-state index contributed by atoms with van der Waals surface area (Å²) in [5, 5.41) is 10.4. The lowest BCUT2D eigenvalue weighted by atomic mass is 9.63. The van der Waals surface area contributed by atoms with Crippen molar-refractivity contribution in [3.63, 3.8) is 0 Å². The van der Waals surface area contributed by atoms with E-state index in [2.05, 4.69) is 12.1 Å². The van der Waals surface area contributed by atoms with E-state index in [0.29, 0.717) is 19.0 Å². The predicted octanol–water partition coefficient (Wildman–Crippen LogP) is 2.09. The highest BCUT2D eigenvalue weighted by atomic mass is 16.3. The van der Waals surface area contributed by atoms with Crippen molar-refractivity contribution in [1.29, 1.82) is 0 Å². The Labute approximate surface area is 119 Å². The average molecular weight is 271 g/mol. The van der Waals surface area contributed by atoms with Gasteiger partial charge in [0.25, 0.3) is 0 Å². The largest absolute Gasteiger partial charge is 0.386 e. The van der Waals surface area contributed by atoms with Crippen molar-refractivity contribution < 1.29 is 9.90 Å². The maximum Gasteiger partial charge on any atom is 0.233 e. The molecule has 20 heavy (non-hydrogen) atoms. The van der Waals surface area contributed by atoms with Gasteiger partial charge in [0.1, 0.15) is 5.60 Å². The van der Waals surface area contributed by atoms with Gasteiger partial charge in [-0.2, -0.15) is 0 Å². The molecule has 2 saturated carbocycles. The van der Waals surface area contributed by atoms with Crippen LogP contribution in [0.15, 0.2) is 30.3 Å². The summed E-state index contributed by atoms with van der Waals surface area (Å²) < 4.78 is 0. The molecule has 0 aromatic heterocycles. The van der Waals surface area contributed by atoms with E-state index in [1.807, 2.05) is 23.1 Å². The third-order valence-corrected chi connectivity index (χ3v) is 5.50. The van der Waals surface area contributed by atoms with E-state index in [4.69, 9.17) is 0 Å². The Morgan fingerprint density at radius 3 is 2.30 bits per heavy atom. The first kappa shape index (κ1) is 12.4. The van der Waals surface area contributed by atoms with Gasteiger partial charge in [0.2, 0.25) is 5.91 Å². The monoisotopic (exact) mass is 271 g/mol. The molecule has 106 valence electrons. The fourth-order valence-electron chi connectivity index (χ4n) is 3.85. The molecule has 0 radical (unpaired) electrons. The van der Waals surface area contributed by atoms with Crippen LogP contribution in [0.3, 0.4) is 0 Å². The molecule has 1 N–H and O–H groups in total. The molecule has 1 heterocycles. The van der Waals surface area contributed by atoms with Crippen molar-refractivity contribution in [3.8, 4) is 0 Å². The van der Waals surface area contributed by atoms with Crippen LogP contribution < -0.4 is 0 Å². The van der Waals surface area contributed by atoms with Gasteiger partial charge < -0.3 is 10.0 Å². The summed E-state index contributed by atoms with van der Waals surface area (Å²) in [4.78, 5) is 14.8. The normalized spacial score (nSPS) is 26.6. The van der Waals surface area contributed by atoms with Crippen molar-refractivity contribution in [1.82, 2.24) is 4.90 Å². The van der Waals surface area contributed by atoms with Gasteiger partial charge in [-0.1, -0.05) is 36.8 Å². The van der Waals surface area contributed by atoms with Crippen molar-refractivity contribution in [2.45, 2.75) is 43.1 Å². The lowest BCUT2D eigenvalue weighted by Crippen LogP contribution is -2.68. The number of carbonyl (C=O) groups excluding carboxylic acids is 1. The first-order chi connectivity index (χ1) is 9.64. The second-order valence-corrected chi connectivity index (χ2v) is 6.84. The SMILES string of the molecule is O=C(N1CC(O)(C2CC2)C1)C1(c2ccccc2)CCC1. The molecule has 0 spiro atoms. The second kappa shape index (κ2) is 4.08. The zero-order chi connectivity index (χ0) is 13.8. The van der Waals surface area contributed by atoms with E-state index in [-0.39, 0.29) is 11.3 Å². The highest BCUT2D eigenvalue weighted by Crippen LogP contribution is 2.49. The van der Waals surface area contributed by atoms with Crippen LogP contribution in [0.25, 0.3) is 0 Å². The lowest BCUT2D eigenvalue weighted by Gasteiger charge is -2.52. The number of nitrogens with zero attached hydrogens (tertiary/aromatic N) is 1. The zero-order valence-electron chi connectivity index (χ0n) is 11.7. The first-order valence-corrected chi connectivity index (χ1v) is 7.71. The van der Waals surface area contributed by atoms with Gasteiger partial charge in [-0.25, -0.2) is 0 Å². The first-order valence-electron chi connectivity index (χ1n) is 7.71. The number of benzene rings is 1. The number of hydrogen-bond acceptors (Lipinski definition) is 2. The lowest BCUT2D eigenvalue weighted by molar-refractivity contribution is -0.168. The quantitative estimate of drug-likeness (QED) is 0.914. The van der Waals surface area contributed by atoms with Crippen LogP contribution in [0.5, 0.6) is 0 Å². The van der Waals surface area contributed by atoms with Crippen LogP contribution >= 0.6 is 0 Å². The number of amides is 1. The Morgan fingerprint density at radius 2 is 1.80 bits per heavy atom. The zero-order valence-corrected chi connectivity index (χ0v) is 11.7. The topological polar surface area (TPSA) is 40.5 Å². The smallest absolute Gasteiger partial charge is 0.233 e. The van der Waals surface area contributed by atoms with Gasteiger partial charge in [0.15, 0.2) is 0 Å². The molecular weight excluding hydrogens is 250 g/mol. The molecule has 4 rings (SSSR count). The third kappa shape index (κ3) is 1.65. The molecule has 0 atom stereocenters. The molecule has 0 bridgehead atoms. The molecule has 1 amide bonds. The minimum atomic E-state index is -0.572. The minimum Gasteiger partial charge on any atom is -0.386 e. The van der Waals surface area contributed by atoms with Gasteiger partial charge in [0.05, 0.1) is 18.5 Å². The number of hydrogen-bond donors (Lipinski definition) is 1.